The fourth-order valence-electron chi connectivity index (χ4n) is 11.4. The largest absolute Gasteiger partial charge is 0.466 e. The van der Waals surface area contributed by atoms with Crippen LogP contribution in [0.5, 0.6) is 0 Å². The molecule has 482 valence electrons. The Morgan fingerprint density at radius 2 is 0.610 bits per heavy atom. The summed E-state index contributed by atoms with van der Waals surface area (Å²) >= 11 is 0. The molecule has 0 aromatic heterocycles. The topological polar surface area (TPSA) is 95.9 Å². The van der Waals surface area contributed by atoms with Crippen molar-refractivity contribution in [1.82, 2.24) is 5.32 Å². The first-order valence-electron chi connectivity index (χ1n) is 36.9. The van der Waals surface area contributed by atoms with Crippen LogP contribution in [-0.2, 0) is 14.3 Å². The van der Waals surface area contributed by atoms with Gasteiger partial charge in [0.05, 0.1) is 25.4 Å². The van der Waals surface area contributed by atoms with Crippen LogP contribution in [-0.4, -0.2) is 47.4 Å². The molecule has 0 rings (SSSR count). The van der Waals surface area contributed by atoms with Crippen LogP contribution in [0.2, 0.25) is 0 Å². The molecule has 6 heteroatoms. The summed E-state index contributed by atoms with van der Waals surface area (Å²) < 4.78 is 5.50. The Morgan fingerprint density at radius 3 is 0.939 bits per heavy atom. The van der Waals surface area contributed by atoms with Crippen molar-refractivity contribution in [2.24, 2.45) is 0 Å². The van der Waals surface area contributed by atoms with Crippen molar-refractivity contribution in [2.75, 3.05) is 13.2 Å². The number of carbonyl (C=O) groups excluding carboxylic acids is 2. The van der Waals surface area contributed by atoms with E-state index in [9.17, 15) is 19.8 Å². The Morgan fingerprint density at radius 1 is 0.341 bits per heavy atom. The molecule has 0 radical (unpaired) electrons. The van der Waals surface area contributed by atoms with E-state index >= 15 is 0 Å². The van der Waals surface area contributed by atoms with E-state index in [-0.39, 0.29) is 18.5 Å². The number of rotatable bonds is 69. The fourth-order valence-corrected chi connectivity index (χ4v) is 11.4. The summed E-state index contributed by atoms with van der Waals surface area (Å²) in [5.41, 5.74) is 0. The lowest BCUT2D eigenvalue weighted by molar-refractivity contribution is -0.143. The summed E-state index contributed by atoms with van der Waals surface area (Å²) in [5.74, 6) is -0.0512. The first kappa shape index (κ1) is 79.8. The minimum atomic E-state index is -0.842. The maximum Gasteiger partial charge on any atom is 0.305 e. The average Bonchev–Trinajstić information content (AvgIpc) is 3.48. The third-order valence-corrected chi connectivity index (χ3v) is 17.1. The second-order valence-electron chi connectivity index (χ2n) is 25.3. The predicted molar refractivity (Wildman–Crippen MR) is 361 cm³/mol. The molecule has 0 spiro atoms. The third kappa shape index (κ3) is 67.0. The number of nitrogens with one attached hydrogen (secondary N) is 1. The monoisotopic (exact) mass is 1150 g/mol. The Kier molecular flexibility index (Phi) is 69.4. The van der Waals surface area contributed by atoms with Crippen molar-refractivity contribution >= 4 is 11.9 Å². The van der Waals surface area contributed by atoms with Crippen molar-refractivity contribution in [3.63, 3.8) is 0 Å². The van der Waals surface area contributed by atoms with Gasteiger partial charge < -0.3 is 20.3 Å². The number of amides is 1. The van der Waals surface area contributed by atoms with Gasteiger partial charge in [-0.05, 0) is 89.9 Å². The first-order valence-corrected chi connectivity index (χ1v) is 36.9. The zero-order valence-electron chi connectivity index (χ0n) is 55.2. The molecule has 0 aromatic rings. The summed E-state index contributed by atoms with van der Waals surface area (Å²) in [7, 11) is 0. The van der Waals surface area contributed by atoms with Gasteiger partial charge in [-0.25, -0.2) is 0 Å². The molecule has 0 aromatic carbocycles. The highest BCUT2D eigenvalue weighted by atomic mass is 16.5. The van der Waals surface area contributed by atoms with Gasteiger partial charge in [0.2, 0.25) is 5.91 Å². The molecule has 0 saturated carbocycles. The van der Waals surface area contributed by atoms with Crippen LogP contribution in [0.1, 0.15) is 399 Å². The normalized spacial score (nSPS) is 12.8. The first-order chi connectivity index (χ1) is 40.5. The molecule has 0 bridgehead atoms. The van der Waals surface area contributed by atoms with E-state index in [2.05, 4.69) is 55.6 Å². The molecule has 0 saturated heterocycles. The van der Waals surface area contributed by atoms with E-state index in [1.54, 1.807) is 6.08 Å². The molecular weight excluding hydrogens is 1010 g/mol. The van der Waals surface area contributed by atoms with E-state index in [0.717, 1.165) is 51.4 Å². The number of aliphatic hydroxyl groups excluding tert-OH is 2. The second-order valence-corrected chi connectivity index (χ2v) is 25.3. The minimum absolute atomic E-state index is 0.0134. The van der Waals surface area contributed by atoms with Crippen molar-refractivity contribution in [2.45, 2.75) is 411 Å². The summed E-state index contributed by atoms with van der Waals surface area (Å²) in [5, 5.41) is 23.1. The molecule has 2 unspecified atom stereocenters. The quantitative estimate of drug-likeness (QED) is 0.0320. The van der Waals surface area contributed by atoms with Gasteiger partial charge in [-0.2, -0.15) is 0 Å². The zero-order chi connectivity index (χ0) is 59.2. The van der Waals surface area contributed by atoms with Crippen LogP contribution in [0.25, 0.3) is 0 Å². The Balaban J connectivity index is 3.37. The molecule has 3 N–H and O–H groups in total. The van der Waals surface area contributed by atoms with Crippen molar-refractivity contribution < 1.29 is 24.5 Å². The van der Waals surface area contributed by atoms with E-state index < -0.39 is 12.1 Å². The molecule has 0 heterocycles. The van der Waals surface area contributed by atoms with Gasteiger partial charge >= 0.3 is 5.97 Å². The Bertz CT molecular complexity index is 1370. The number of carbonyl (C=O) groups is 2. The lowest BCUT2D eigenvalue weighted by Gasteiger charge is -2.20. The van der Waals surface area contributed by atoms with Gasteiger partial charge in [-0.3, -0.25) is 9.59 Å². The van der Waals surface area contributed by atoms with Gasteiger partial charge in [0, 0.05) is 12.8 Å². The number of ether oxygens (including phenoxy) is 1. The second kappa shape index (κ2) is 71.3. The van der Waals surface area contributed by atoms with Gasteiger partial charge in [-0.1, -0.05) is 345 Å². The number of hydrogen-bond acceptors (Lipinski definition) is 5. The number of allylic oxidation sites excluding steroid dienone is 7. The smallest absolute Gasteiger partial charge is 0.305 e. The number of unbranched alkanes of at least 4 members (excludes halogenated alkanes) is 52. The van der Waals surface area contributed by atoms with Gasteiger partial charge in [0.1, 0.15) is 0 Å². The number of esters is 1. The fraction of sp³-hybridized carbons (Fsp3) is 0.868. The molecule has 6 nitrogen and oxygen atoms in total. The number of hydrogen-bond donors (Lipinski definition) is 3. The minimum Gasteiger partial charge on any atom is -0.466 e. The summed E-state index contributed by atoms with van der Waals surface area (Å²) in [6.45, 7) is 4.92. The molecule has 1 amide bonds. The van der Waals surface area contributed by atoms with Gasteiger partial charge in [-0.15, -0.1) is 0 Å². The van der Waals surface area contributed by atoms with Crippen LogP contribution in [0.15, 0.2) is 48.6 Å². The molecule has 0 fully saturated rings. The van der Waals surface area contributed by atoms with Crippen molar-refractivity contribution in [1.29, 1.82) is 0 Å². The van der Waals surface area contributed by atoms with Gasteiger partial charge in [0.25, 0.3) is 0 Å². The lowest BCUT2D eigenvalue weighted by atomic mass is 10.0. The summed E-state index contributed by atoms with van der Waals surface area (Å²) in [6.07, 6.45) is 93.6. The van der Waals surface area contributed by atoms with E-state index in [1.165, 1.54) is 321 Å². The van der Waals surface area contributed by atoms with Crippen LogP contribution in [0.4, 0.5) is 0 Å². The highest BCUT2D eigenvalue weighted by Crippen LogP contribution is 2.18. The highest BCUT2D eigenvalue weighted by molar-refractivity contribution is 5.76. The summed E-state index contributed by atoms with van der Waals surface area (Å²) in [4.78, 5) is 24.6. The lowest BCUT2D eigenvalue weighted by Crippen LogP contribution is -2.45. The van der Waals surface area contributed by atoms with Gasteiger partial charge in [0.15, 0.2) is 0 Å². The van der Waals surface area contributed by atoms with Crippen molar-refractivity contribution in [3.8, 4) is 0 Å². The van der Waals surface area contributed by atoms with Crippen LogP contribution in [0.3, 0.4) is 0 Å². The molecule has 2 atom stereocenters. The van der Waals surface area contributed by atoms with Crippen LogP contribution < -0.4 is 5.32 Å². The SMILES string of the molecule is CCCCCCCC/C=C\CCCCCCCCCC(=O)OCCCCCCCCCCCCC/C=C\C/C=C\CCCCCCCCCCCCCCCCCCCC(=O)NC(CO)C(O)/C=C/CCCCCCCCCCCCC. The molecule has 82 heavy (non-hydrogen) atoms. The number of aliphatic hydroxyl groups is 2. The van der Waals surface area contributed by atoms with E-state index in [0.29, 0.717) is 19.4 Å². The van der Waals surface area contributed by atoms with Crippen LogP contribution in [0, 0.1) is 0 Å². The molecule has 0 aliphatic carbocycles. The Labute approximate surface area is 512 Å². The highest BCUT2D eigenvalue weighted by Gasteiger charge is 2.18. The van der Waals surface area contributed by atoms with Crippen molar-refractivity contribution in [3.05, 3.63) is 48.6 Å². The molecular formula is C76H143NO5. The van der Waals surface area contributed by atoms with E-state index in [1.807, 2.05) is 6.08 Å². The molecule has 0 aliphatic heterocycles. The standard InChI is InChI=1S/C76H143NO5/c1-3-5-7-9-11-13-15-17-18-38-42-46-50-54-58-62-66-70-76(81)82-71-67-63-59-55-51-47-43-40-37-35-33-31-29-27-25-23-21-19-20-22-24-26-28-30-32-34-36-39-41-45-49-53-57-61-65-69-75(80)77-73(72-78)74(79)68-64-60-56-52-48-44-16-14-12-10-8-6-4-2/h17-18,21,23,27,29,64,68,73-74,78-79H,3-16,19-20,22,24-26,28,30-63,65-67,69-72H2,1-2H3,(H,77,80)/b18-17-,23-21-,29-27-,68-64+. The Hall–Kier alpha value is -2.18. The maximum atomic E-state index is 12.5. The average molecular weight is 1150 g/mol. The molecule has 0 aliphatic rings. The third-order valence-electron chi connectivity index (χ3n) is 17.1. The van der Waals surface area contributed by atoms with Crippen LogP contribution >= 0.6 is 0 Å². The summed E-state index contributed by atoms with van der Waals surface area (Å²) in [6, 6.07) is -0.626. The van der Waals surface area contributed by atoms with E-state index in [4.69, 9.17) is 4.74 Å². The maximum absolute atomic E-state index is 12.5. The zero-order valence-corrected chi connectivity index (χ0v) is 55.2. The predicted octanol–water partition coefficient (Wildman–Crippen LogP) is 24.0.